The predicted molar refractivity (Wildman–Crippen MR) is 102 cm³/mol. The second-order valence-electron chi connectivity index (χ2n) is 5.66. The predicted octanol–water partition coefficient (Wildman–Crippen LogP) is 6.58. The van der Waals surface area contributed by atoms with Crippen LogP contribution < -0.4 is 0 Å². The standard InChI is InChI=1S/C18H14Cl2F3N3S/c1-2-26-16(14-7-6-13(19)9-15(14)20)24-25-17(26)27-10-11-4-3-5-12(8-11)18(21,22)23/h3-9H,2,10H2,1H3. The van der Waals surface area contributed by atoms with Crippen LogP contribution in [0.2, 0.25) is 10.0 Å². The van der Waals surface area contributed by atoms with Crippen LogP contribution in [0.1, 0.15) is 18.1 Å². The lowest BCUT2D eigenvalue weighted by Gasteiger charge is -2.10. The molecule has 0 aliphatic carbocycles. The Bertz CT molecular complexity index is 957. The number of nitrogens with zero attached hydrogens (tertiary/aromatic N) is 3. The van der Waals surface area contributed by atoms with Crippen molar-refractivity contribution in [2.45, 2.75) is 30.6 Å². The largest absolute Gasteiger partial charge is 0.416 e. The van der Waals surface area contributed by atoms with E-state index in [1.165, 1.54) is 17.8 Å². The van der Waals surface area contributed by atoms with Crippen molar-refractivity contribution in [1.29, 1.82) is 0 Å². The van der Waals surface area contributed by atoms with Crippen LogP contribution in [-0.2, 0) is 18.5 Å². The maximum Gasteiger partial charge on any atom is 0.416 e. The van der Waals surface area contributed by atoms with Gasteiger partial charge in [0.05, 0.1) is 10.6 Å². The summed E-state index contributed by atoms with van der Waals surface area (Å²) < 4.78 is 40.4. The number of aromatic nitrogens is 3. The molecule has 0 aliphatic heterocycles. The van der Waals surface area contributed by atoms with Crippen LogP contribution >= 0.6 is 35.0 Å². The first kappa shape index (κ1) is 20.0. The highest BCUT2D eigenvalue weighted by molar-refractivity contribution is 7.98. The lowest BCUT2D eigenvalue weighted by Crippen LogP contribution is -2.05. The van der Waals surface area contributed by atoms with Gasteiger partial charge in [-0.2, -0.15) is 13.2 Å². The van der Waals surface area contributed by atoms with Gasteiger partial charge in [-0.05, 0) is 36.8 Å². The summed E-state index contributed by atoms with van der Waals surface area (Å²) in [6, 6.07) is 10.4. The molecular formula is C18H14Cl2F3N3S. The van der Waals surface area contributed by atoms with Crippen LogP contribution in [0.3, 0.4) is 0 Å². The van der Waals surface area contributed by atoms with Crippen molar-refractivity contribution in [3.05, 3.63) is 63.6 Å². The van der Waals surface area contributed by atoms with Crippen LogP contribution in [-0.4, -0.2) is 14.8 Å². The van der Waals surface area contributed by atoms with Crippen molar-refractivity contribution in [3.63, 3.8) is 0 Å². The lowest BCUT2D eigenvalue weighted by atomic mass is 10.1. The zero-order valence-corrected chi connectivity index (χ0v) is 16.4. The lowest BCUT2D eigenvalue weighted by molar-refractivity contribution is -0.137. The summed E-state index contributed by atoms with van der Waals surface area (Å²) in [5, 5.41) is 9.96. The van der Waals surface area contributed by atoms with Gasteiger partial charge in [0.1, 0.15) is 0 Å². The molecule has 0 amide bonds. The van der Waals surface area contributed by atoms with Gasteiger partial charge in [-0.15, -0.1) is 10.2 Å². The van der Waals surface area contributed by atoms with Crippen molar-refractivity contribution in [1.82, 2.24) is 14.8 Å². The van der Waals surface area contributed by atoms with Crippen molar-refractivity contribution >= 4 is 35.0 Å². The normalized spacial score (nSPS) is 11.8. The molecule has 0 spiro atoms. The average Bonchev–Trinajstić information content (AvgIpc) is 3.02. The van der Waals surface area contributed by atoms with Gasteiger partial charge in [0.15, 0.2) is 11.0 Å². The molecule has 3 rings (SSSR count). The van der Waals surface area contributed by atoms with Crippen LogP contribution in [0.5, 0.6) is 0 Å². The Morgan fingerprint density at radius 2 is 1.85 bits per heavy atom. The molecule has 3 nitrogen and oxygen atoms in total. The SMILES string of the molecule is CCn1c(SCc2cccc(C(F)(F)F)c2)nnc1-c1ccc(Cl)cc1Cl. The highest BCUT2D eigenvalue weighted by Crippen LogP contribution is 2.33. The van der Waals surface area contributed by atoms with E-state index in [0.29, 0.717) is 44.5 Å². The first-order chi connectivity index (χ1) is 12.8. The molecule has 0 radical (unpaired) electrons. The topological polar surface area (TPSA) is 30.7 Å². The van der Waals surface area contributed by atoms with Gasteiger partial charge < -0.3 is 4.57 Å². The zero-order chi connectivity index (χ0) is 19.6. The molecule has 142 valence electrons. The van der Waals surface area contributed by atoms with Crippen molar-refractivity contribution in [3.8, 4) is 11.4 Å². The minimum atomic E-state index is -4.36. The molecule has 3 aromatic rings. The van der Waals surface area contributed by atoms with Crippen LogP contribution in [0.25, 0.3) is 11.4 Å². The van der Waals surface area contributed by atoms with Gasteiger partial charge in [-0.1, -0.05) is 53.2 Å². The number of hydrogen-bond acceptors (Lipinski definition) is 3. The van der Waals surface area contributed by atoms with Crippen LogP contribution in [0.15, 0.2) is 47.6 Å². The Balaban J connectivity index is 1.84. The monoisotopic (exact) mass is 431 g/mol. The molecule has 0 fully saturated rings. The molecular weight excluding hydrogens is 418 g/mol. The minimum Gasteiger partial charge on any atom is -0.302 e. The van der Waals surface area contributed by atoms with Gasteiger partial charge in [0.2, 0.25) is 0 Å². The quantitative estimate of drug-likeness (QED) is 0.427. The summed E-state index contributed by atoms with van der Waals surface area (Å²) in [6.45, 7) is 2.53. The van der Waals surface area contributed by atoms with Crippen LogP contribution in [0.4, 0.5) is 13.2 Å². The molecule has 0 atom stereocenters. The molecule has 0 unspecified atom stereocenters. The van der Waals surface area contributed by atoms with Gasteiger partial charge in [-0.25, -0.2) is 0 Å². The third-order valence-corrected chi connectivity index (χ3v) is 5.41. The maximum atomic E-state index is 12.9. The molecule has 27 heavy (non-hydrogen) atoms. The first-order valence-electron chi connectivity index (χ1n) is 7.97. The number of thioether (sulfide) groups is 1. The van der Waals surface area contributed by atoms with E-state index in [2.05, 4.69) is 10.2 Å². The molecule has 1 aromatic heterocycles. The van der Waals surface area contributed by atoms with Crippen molar-refractivity contribution in [2.75, 3.05) is 0 Å². The number of benzene rings is 2. The van der Waals surface area contributed by atoms with Gasteiger partial charge in [0, 0.05) is 22.9 Å². The summed E-state index contributed by atoms with van der Waals surface area (Å²) in [5.74, 6) is 0.932. The number of alkyl halides is 3. The number of rotatable bonds is 5. The third kappa shape index (κ3) is 4.59. The van der Waals surface area contributed by atoms with E-state index >= 15 is 0 Å². The van der Waals surface area contributed by atoms with E-state index in [-0.39, 0.29) is 0 Å². The Morgan fingerprint density at radius 3 is 2.52 bits per heavy atom. The summed E-state index contributed by atoms with van der Waals surface area (Å²) in [6.07, 6.45) is -4.36. The first-order valence-corrected chi connectivity index (χ1v) is 9.71. The fourth-order valence-corrected chi connectivity index (χ4v) is 3.97. The molecule has 0 saturated heterocycles. The fraction of sp³-hybridized carbons (Fsp3) is 0.222. The molecule has 9 heteroatoms. The molecule has 0 N–H and O–H groups in total. The third-order valence-electron chi connectivity index (χ3n) is 3.83. The Hall–Kier alpha value is -1.70. The Kier molecular flexibility index (Phi) is 6.03. The highest BCUT2D eigenvalue weighted by atomic mass is 35.5. The fourth-order valence-electron chi connectivity index (χ4n) is 2.54. The molecule has 0 bridgehead atoms. The summed E-state index contributed by atoms with van der Waals surface area (Å²) >= 11 is 13.5. The van der Waals surface area contributed by atoms with Gasteiger partial charge in [0.25, 0.3) is 0 Å². The molecule has 1 heterocycles. The summed E-state index contributed by atoms with van der Waals surface area (Å²) in [5.41, 5.74) is 0.596. The van der Waals surface area contributed by atoms with E-state index in [9.17, 15) is 13.2 Å². The van der Waals surface area contributed by atoms with E-state index in [1.807, 2.05) is 11.5 Å². The van der Waals surface area contributed by atoms with E-state index < -0.39 is 11.7 Å². The number of hydrogen-bond donors (Lipinski definition) is 0. The van der Waals surface area contributed by atoms with E-state index in [0.717, 1.165) is 12.1 Å². The molecule has 0 saturated carbocycles. The Labute approximate surface area is 168 Å². The van der Waals surface area contributed by atoms with Gasteiger partial charge >= 0.3 is 6.18 Å². The summed E-state index contributed by atoms with van der Waals surface area (Å²) in [4.78, 5) is 0. The van der Waals surface area contributed by atoms with Crippen molar-refractivity contribution < 1.29 is 13.2 Å². The second kappa shape index (κ2) is 8.12. The number of halogens is 5. The second-order valence-corrected chi connectivity index (χ2v) is 7.45. The van der Waals surface area contributed by atoms with Gasteiger partial charge in [-0.3, -0.25) is 0 Å². The van der Waals surface area contributed by atoms with Crippen LogP contribution in [0, 0.1) is 0 Å². The minimum absolute atomic E-state index is 0.344. The summed E-state index contributed by atoms with van der Waals surface area (Å²) in [7, 11) is 0. The molecule has 2 aromatic carbocycles. The van der Waals surface area contributed by atoms with E-state index in [4.69, 9.17) is 23.2 Å². The highest BCUT2D eigenvalue weighted by Gasteiger charge is 2.30. The Morgan fingerprint density at radius 1 is 1.07 bits per heavy atom. The average molecular weight is 432 g/mol. The maximum absolute atomic E-state index is 12.9. The zero-order valence-electron chi connectivity index (χ0n) is 14.1. The smallest absolute Gasteiger partial charge is 0.302 e. The van der Waals surface area contributed by atoms with Crippen molar-refractivity contribution in [2.24, 2.45) is 0 Å². The van der Waals surface area contributed by atoms with E-state index in [1.54, 1.807) is 24.3 Å². The molecule has 0 aliphatic rings.